The van der Waals surface area contributed by atoms with E-state index in [-0.39, 0.29) is 11.4 Å². The second-order valence-corrected chi connectivity index (χ2v) is 5.03. The highest BCUT2D eigenvalue weighted by molar-refractivity contribution is 5.87. The van der Waals surface area contributed by atoms with Crippen LogP contribution in [0.4, 0.5) is 0 Å². The average Bonchev–Trinajstić information content (AvgIpc) is 2.14. The van der Waals surface area contributed by atoms with Crippen LogP contribution in [0.1, 0.15) is 53.9 Å². The van der Waals surface area contributed by atoms with Crippen molar-refractivity contribution in [2.45, 2.75) is 59.5 Å². The molecule has 0 radical (unpaired) electrons. The summed E-state index contributed by atoms with van der Waals surface area (Å²) in [7, 11) is 0. The van der Waals surface area contributed by atoms with Gasteiger partial charge in [-0.2, -0.15) is 0 Å². The van der Waals surface area contributed by atoms with Crippen molar-refractivity contribution in [2.75, 3.05) is 6.61 Å². The average molecular weight is 226 g/mol. The molecule has 16 heavy (non-hydrogen) atoms. The van der Waals surface area contributed by atoms with E-state index in [0.29, 0.717) is 5.92 Å². The van der Waals surface area contributed by atoms with Crippen LogP contribution in [0.2, 0.25) is 0 Å². The molecule has 94 valence electrons. The summed E-state index contributed by atoms with van der Waals surface area (Å²) >= 11 is 0. The maximum atomic E-state index is 10.8. The number of ether oxygens (including phenoxy) is 1. The lowest BCUT2D eigenvalue weighted by Gasteiger charge is -2.24. The Morgan fingerprint density at radius 2 is 2.06 bits per heavy atom. The summed E-state index contributed by atoms with van der Waals surface area (Å²) in [6.45, 7) is 10.8. The van der Waals surface area contributed by atoms with E-state index < -0.39 is 0 Å². The number of hydrogen-bond acceptors (Lipinski definition) is 2. The Kier molecular flexibility index (Phi) is 7.31. The minimum absolute atomic E-state index is 0.0151. The van der Waals surface area contributed by atoms with Crippen molar-refractivity contribution < 1.29 is 9.53 Å². The molecule has 0 fully saturated rings. The van der Waals surface area contributed by atoms with Gasteiger partial charge in [-0.15, -0.1) is 0 Å². The van der Waals surface area contributed by atoms with Crippen molar-refractivity contribution in [3.05, 3.63) is 12.2 Å². The maximum absolute atomic E-state index is 10.8. The molecule has 0 aliphatic rings. The van der Waals surface area contributed by atoms with Gasteiger partial charge in [-0.3, -0.25) is 4.79 Å². The molecule has 0 aromatic rings. The second kappa shape index (κ2) is 7.61. The highest BCUT2D eigenvalue weighted by Crippen LogP contribution is 2.20. The summed E-state index contributed by atoms with van der Waals surface area (Å²) in [5.41, 5.74) is -0.0151. The van der Waals surface area contributed by atoms with Crippen LogP contribution in [0.25, 0.3) is 0 Å². The smallest absolute Gasteiger partial charge is 0.152 e. The Labute approximate surface area is 100 Å². The predicted octanol–water partition coefficient (Wildman–Crippen LogP) is 3.75. The van der Waals surface area contributed by atoms with Crippen LogP contribution in [0.5, 0.6) is 0 Å². The predicted molar refractivity (Wildman–Crippen MR) is 68.5 cm³/mol. The summed E-state index contributed by atoms with van der Waals surface area (Å²) in [5.74, 6) is 0.600. The molecule has 2 heteroatoms. The first kappa shape index (κ1) is 15.4. The zero-order chi connectivity index (χ0) is 12.6. The van der Waals surface area contributed by atoms with Crippen LogP contribution in [-0.4, -0.2) is 18.0 Å². The van der Waals surface area contributed by atoms with Gasteiger partial charge in [0.2, 0.25) is 0 Å². The van der Waals surface area contributed by atoms with Gasteiger partial charge in [0.1, 0.15) is 0 Å². The minimum Gasteiger partial charge on any atom is -0.376 e. The van der Waals surface area contributed by atoms with Gasteiger partial charge < -0.3 is 4.74 Å². The SMILES string of the molecule is CCOC(C)(C)CCCC(C)/C=C/C(C)=O. The topological polar surface area (TPSA) is 26.3 Å². The third kappa shape index (κ3) is 8.66. The van der Waals surface area contributed by atoms with Crippen molar-refractivity contribution in [1.82, 2.24) is 0 Å². The Morgan fingerprint density at radius 3 is 2.56 bits per heavy atom. The van der Waals surface area contributed by atoms with E-state index >= 15 is 0 Å². The van der Waals surface area contributed by atoms with Crippen LogP contribution in [-0.2, 0) is 9.53 Å². The first-order valence-corrected chi connectivity index (χ1v) is 6.20. The molecule has 2 nitrogen and oxygen atoms in total. The van der Waals surface area contributed by atoms with Crippen LogP contribution < -0.4 is 0 Å². The molecule has 1 unspecified atom stereocenters. The van der Waals surface area contributed by atoms with E-state index in [0.717, 1.165) is 25.9 Å². The van der Waals surface area contributed by atoms with Crippen LogP contribution in [0, 0.1) is 5.92 Å². The molecule has 0 rings (SSSR count). The monoisotopic (exact) mass is 226 g/mol. The summed E-state index contributed by atoms with van der Waals surface area (Å²) < 4.78 is 5.64. The number of rotatable bonds is 8. The van der Waals surface area contributed by atoms with Crippen LogP contribution in [0.15, 0.2) is 12.2 Å². The Hall–Kier alpha value is -0.630. The zero-order valence-corrected chi connectivity index (χ0v) is 11.4. The largest absolute Gasteiger partial charge is 0.376 e. The first-order chi connectivity index (χ1) is 7.37. The second-order valence-electron chi connectivity index (χ2n) is 5.03. The molecule has 0 aliphatic carbocycles. The van der Waals surface area contributed by atoms with E-state index in [1.807, 2.05) is 13.0 Å². The van der Waals surface area contributed by atoms with Crippen molar-refractivity contribution in [3.8, 4) is 0 Å². The van der Waals surface area contributed by atoms with E-state index in [2.05, 4.69) is 20.8 Å². The van der Waals surface area contributed by atoms with E-state index in [1.54, 1.807) is 13.0 Å². The fourth-order valence-electron chi connectivity index (χ4n) is 1.71. The molecule has 0 heterocycles. The molecule has 0 N–H and O–H groups in total. The molecule has 0 amide bonds. The number of allylic oxidation sites excluding steroid dienone is 2. The van der Waals surface area contributed by atoms with Crippen molar-refractivity contribution >= 4 is 5.78 Å². The van der Waals surface area contributed by atoms with Gasteiger partial charge >= 0.3 is 0 Å². The van der Waals surface area contributed by atoms with Gasteiger partial charge in [0.05, 0.1) is 5.60 Å². The molecule has 0 spiro atoms. The number of ketones is 1. The molecule has 0 bridgehead atoms. The summed E-state index contributed by atoms with van der Waals surface area (Å²) in [5, 5.41) is 0. The van der Waals surface area contributed by atoms with Crippen molar-refractivity contribution in [3.63, 3.8) is 0 Å². The van der Waals surface area contributed by atoms with E-state index in [4.69, 9.17) is 4.74 Å². The van der Waals surface area contributed by atoms with Crippen molar-refractivity contribution in [2.24, 2.45) is 5.92 Å². The normalized spacial score (nSPS) is 14.3. The summed E-state index contributed by atoms with van der Waals surface area (Å²) in [4.78, 5) is 10.8. The van der Waals surface area contributed by atoms with Gasteiger partial charge in [0.15, 0.2) is 5.78 Å². The third-order valence-corrected chi connectivity index (χ3v) is 2.63. The highest BCUT2D eigenvalue weighted by atomic mass is 16.5. The van der Waals surface area contributed by atoms with Crippen LogP contribution >= 0.6 is 0 Å². The van der Waals surface area contributed by atoms with Gasteiger partial charge in [0, 0.05) is 6.61 Å². The Bertz CT molecular complexity index is 229. The zero-order valence-electron chi connectivity index (χ0n) is 11.4. The molecule has 0 aromatic heterocycles. The molecule has 1 atom stereocenters. The Balaban J connectivity index is 3.77. The maximum Gasteiger partial charge on any atom is 0.152 e. The van der Waals surface area contributed by atoms with Gasteiger partial charge in [-0.05, 0) is 52.5 Å². The van der Waals surface area contributed by atoms with Gasteiger partial charge in [0.25, 0.3) is 0 Å². The van der Waals surface area contributed by atoms with E-state index in [1.165, 1.54) is 0 Å². The lowest BCUT2D eigenvalue weighted by atomic mass is 9.96. The number of carbonyl (C=O) groups is 1. The number of carbonyl (C=O) groups excluding carboxylic acids is 1. The van der Waals surface area contributed by atoms with Crippen molar-refractivity contribution in [1.29, 1.82) is 0 Å². The lowest BCUT2D eigenvalue weighted by Crippen LogP contribution is -2.24. The van der Waals surface area contributed by atoms with E-state index in [9.17, 15) is 4.79 Å². The molecule has 0 aromatic carbocycles. The molecular formula is C14H26O2. The lowest BCUT2D eigenvalue weighted by molar-refractivity contribution is -0.112. The first-order valence-electron chi connectivity index (χ1n) is 6.20. The standard InChI is InChI=1S/C14H26O2/c1-6-16-14(4,5)11-7-8-12(2)9-10-13(3)15/h9-10,12H,6-8,11H2,1-5H3/b10-9+. The molecule has 0 saturated carbocycles. The summed E-state index contributed by atoms with van der Waals surface area (Å²) in [6, 6.07) is 0. The van der Waals surface area contributed by atoms with Crippen LogP contribution in [0.3, 0.4) is 0 Å². The molecule has 0 saturated heterocycles. The number of hydrogen-bond donors (Lipinski definition) is 0. The van der Waals surface area contributed by atoms with Gasteiger partial charge in [-0.1, -0.05) is 19.4 Å². The fourth-order valence-corrected chi connectivity index (χ4v) is 1.71. The highest BCUT2D eigenvalue weighted by Gasteiger charge is 2.16. The minimum atomic E-state index is -0.0151. The fraction of sp³-hybridized carbons (Fsp3) is 0.786. The summed E-state index contributed by atoms with van der Waals surface area (Å²) in [6.07, 6.45) is 6.98. The molecular weight excluding hydrogens is 200 g/mol. The quantitative estimate of drug-likeness (QED) is 0.589. The Morgan fingerprint density at radius 1 is 1.44 bits per heavy atom. The molecule has 0 aliphatic heterocycles. The van der Waals surface area contributed by atoms with Gasteiger partial charge in [-0.25, -0.2) is 0 Å². The third-order valence-electron chi connectivity index (χ3n) is 2.63.